The first-order valence-electron chi connectivity index (χ1n) is 10.7. The third kappa shape index (κ3) is 6.84. The first-order chi connectivity index (χ1) is 15.8. The number of pyridine rings is 1. The molecule has 0 aliphatic rings. The molecule has 180 valence electrons. The summed E-state index contributed by atoms with van der Waals surface area (Å²) in [6.45, 7) is 10.6. The summed E-state index contributed by atoms with van der Waals surface area (Å²) in [5, 5.41) is 6.95. The van der Waals surface area contributed by atoms with Crippen LogP contribution in [0, 0.1) is 5.82 Å². The van der Waals surface area contributed by atoms with Crippen molar-refractivity contribution in [3.8, 4) is 22.6 Å². The topological polar surface area (TPSA) is 108 Å². The van der Waals surface area contributed by atoms with Crippen LogP contribution in [0.15, 0.2) is 42.9 Å². The molecule has 10 heteroatoms. The van der Waals surface area contributed by atoms with E-state index in [1.807, 2.05) is 0 Å². The van der Waals surface area contributed by atoms with Crippen molar-refractivity contribution in [3.63, 3.8) is 0 Å². The fourth-order valence-electron chi connectivity index (χ4n) is 2.88. The molecule has 0 atom stereocenters. The molecule has 3 aromatic rings. The SMILES string of the molecule is CC(C)(C)OC(=O)NCc1cnc(-c2ccc(F)cc2)cc1-c1ncn(C(=O)OC(C)(C)C)n1. The second-order valence-corrected chi connectivity index (χ2v) is 9.58. The Morgan fingerprint density at radius 3 is 2.26 bits per heavy atom. The molecule has 1 aromatic carbocycles. The van der Waals surface area contributed by atoms with Gasteiger partial charge in [0.1, 0.15) is 23.3 Å². The van der Waals surface area contributed by atoms with E-state index in [0.29, 0.717) is 22.4 Å². The highest BCUT2D eigenvalue weighted by molar-refractivity contribution is 5.73. The van der Waals surface area contributed by atoms with Gasteiger partial charge in [-0.1, -0.05) is 0 Å². The molecule has 0 fully saturated rings. The third-order valence-corrected chi connectivity index (χ3v) is 4.26. The molecule has 0 saturated heterocycles. The predicted molar refractivity (Wildman–Crippen MR) is 123 cm³/mol. The van der Waals surface area contributed by atoms with Gasteiger partial charge < -0.3 is 14.8 Å². The van der Waals surface area contributed by atoms with Gasteiger partial charge in [0.15, 0.2) is 5.82 Å². The molecule has 0 radical (unpaired) electrons. The molecule has 2 heterocycles. The summed E-state index contributed by atoms with van der Waals surface area (Å²) in [5.41, 5.74) is 1.01. The summed E-state index contributed by atoms with van der Waals surface area (Å²) < 4.78 is 25.0. The largest absolute Gasteiger partial charge is 0.444 e. The lowest BCUT2D eigenvalue weighted by atomic mass is 10.0. The molecular formula is C24H28FN5O4. The van der Waals surface area contributed by atoms with Crippen LogP contribution in [0.2, 0.25) is 0 Å². The van der Waals surface area contributed by atoms with Gasteiger partial charge in [-0.3, -0.25) is 4.98 Å². The molecule has 0 unspecified atom stereocenters. The lowest BCUT2D eigenvalue weighted by molar-refractivity contribution is 0.0507. The predicted octanol–water partition coefficient (Wildman–Crippen LogP) is 4.95. The minimum atomic E-state index is -0.696. The quantitative estimate of drug-likeness (QED) is 0.576. The number of aromatic nitrogens is 4. The van der Waals surface area contributed by atoms with E-state index in [1.165, 1.54) is 18.5 Å². The molecule has 34 heavy (non-hydrogen) atoms. The smallest absolute Gasteiger partial charge is 0.436 e. The van der Waals surface area contributed by atoms with Crippen molar-refractivity contribution >= 4 is 12.2 Å². The van der Waals surface area contributed by atoms with E-state index in [0.717, 1.165) is 4.68 Å². The van der Waals surface area contributed by atoms with Gasteiger partial charge in [0.05, 0.1) is 5.69 Å². The zero-order chi connectivity index (χ0) is 25.1. The number of carbonyl (C=O) groups excluding carboxylic acids is 2. The summed E-state index contributed by atoms with van der Waals surface area (Å²) >= 11 is 0. The number of nitrogens with one attached hydrogen (secondary N) is 1. The van der Waals surface area contributed by atoms with E-state index in [-0.39, 0.29) is 18.2 Å². The standard InChI is InChI=1S/C24H28FN5O4/c1-23(2,3)33-21(31)27-13-16-12-26-19(15-7-9-17(25)10-8-15)11-18(16)20-28-14-30(29-20)22(32)34-24(4,5)6/h7-12,14H,13H2,1-6H3,(H,27,31). The maximum absolute atomic E-state index is 13.4. The normalized spacial score (nSPS) is 11.7. The van der Waals surface area contributed by atoms with Gasteiger partial charge in [-0.15, -0.1) is 5.10 Å². The lowest BCUT2D eigenvalue weighted by Crippen LogP contribution is -2.32. The summed E-state index contributed by atoms with van der Waals surface area (Å²) in [6, 6.07) is 7.60. The highest BCUT2D eigenvalue weighted by Crippen LogP contribution is 2.26. The van der Waals surface area contributed by atoms with Crippen molar-refractivity contribution in [2.75, 3.05) is 0 Å². The lowest BCUT2D eigenvalue weighted by Gasteiger charge is -2.20. The minimum absolute atomic E-state index is 0.0852. The van der Waals surface area contributed by atoms with Crippen LogP contribution in [-0.4, -0.2) is 43.1 Å². The van der Waals surface area contributed by atoms with Crippen molar-refractivity contribution in [2.45, 2.75) is 59.3 Å². The molecule has 0 saturated carbocycles. The second kappa shape index (κ2) is 9.58. The van der Waals surface area contributed by atoms with E-state index in [2.05, 4.69) is 20.4 Å². The van der Waals surface area contributed by atoms with Crippen LogP contribution in [0.3, 0.4) is 0 Å². The molecule has 2 aromatic heterocycles. The number of hydrogen-bond acceptors (Lipinski definition) is 7. The van der Waals surface area contributed by atoms with Gasteiger partial charge in [-0.2, -0.15) is 4.68 Å². The minimum Gasteiger partial charge on any atom is -0.444 e. The Hall–Kier alpha value is -3.82. The van der Waals surface area contributed by atoms with Crippen LogP contribution in [-0.2, 0) is 16.0 Å². The van der Waals surface area contributed by atoms with E-state index in [4.69, 9.17) is 9.47 Å². The summed E-state index contributed by atoms with van der Waals surface area (Å²) in [4.78, 5) is 33.2. The Balaban J connectivity index is 1.94. The molecule has 1 N–H and O–H groups in total. The first kappa shape index (κ1) is 24.8. The van der Waals surface area contributed by atoms with Crippen molar-refractivity contribution in [1.82, 2.24) is 25.1 Å². The van der Waals surface area contributed by atoms with Crippen LogP contribution in [0.25, 0.3) is 22.6 Å². The van der Waals surface area contributed by atoms with Crippen LogP contribution in [0.5, 0.6) is 0 Å². The van der Waals surface area contributed by atoms with Gasteiger partial charge in [0, 0.05) is 29.4 Å². The number of nitrogens with zero attached hydrogens (tertiary/aromatic N) is 4. The third-order valence-electron chi connectivity index (χ3n) is 4.26. The Kier molecular flexibility index (Phi) is 6.99. The highest BCUT2D eigenvalue weighted by Gasteiger charge is 2.21. The number of benzene rings is 1. The van der Waals surface area contributed by atoms with E-state index >= 15 is 0 Å². The molecule has 0 aliphatic heterocycles. The molecule has 9 nitrogen and oxygen atoms in total. The van der Waals surface area contributed by atoms with Gasteiger partial charge in [0.2, 0.25) is 0 Å². The van der Waals surface area contributed by atoms with Gasteiger partial charge in [0.25, 0.3) is 0 Å². The number of ether oxygens (including phenoxy) is 2. The molecule has 1 amide bonds. The van der Waals surface area contributed by atoms with E-state index in [1.54, 1.807) is 65.9 Å². The zero-order valence-corrected chi connectivity index (χ0v) is 20.0. The maximum Gasteiger partial charge on any atom is 0.436 e. The molecule has 3 rings (SSSR count). The van der Waals surface area contributed by atoms with Crippen molar-refractivity contribution < 1.29 is 23.5 Å². The Bertz CT molecular complexity index is 1180. The Morgan fingerprint density at radius 2 is 1.65 bits per heavy atom. The van der Waals surface area contributed by atoms with Crippen LogP contribution < -0.4 is 5.32 Å². The molecule has 0 bridgehead atoms. The fourth-order valence-corrected chi connectivity index (χ4v) is 2.88. The first-order valence-corrected chi connectivity index (χ1v) is 10.7. The highest BCUT2D eigenvalue weighted by atomic mass is 19.1. The summed E-state index contributed by atoms with van der Waals surface area (Å²) in [6.07, 6.45) is 1.56. The van der Waals surface area contributed by atoms with Crippen molar-refractivity contribution in [3.05, 3.63) is 54.2 Å². The second-order valence-electron chi connectivity index (χ2n) is 9.58. The van der Waals surface area contributed by atoms with Gasteiger partial charge in [-0.05, 0) is 71.9 Å². The van der Waals surface area contributed by atoms with E-state index < -0.39 is 23.4 Å². The number of halogens is 1. The molecule has 0 aliphatic carbocycles. The summed E-state index contributed by atoms with van der Waals surface area (Å²) in [7, 11) is 0. The number of rotatable bonds is 4. The average molecular weight is 470 g/mol. The van der Waals surface area contributed by atoms with Crippen molar-refractivity contribution in [1.29, 1.82) is 0 Å². The molecule has 0 spiro atoms. The van der Waals surface area contributed by atoms with E-state index in [9.17, 15) is 14.0 Å². The number of hydrogen-bond donors (Lipinski definition) is 1. The van der Waals surface area contributed by atoms with Gasteiger partial charge >= 0.3 is 12.2 Å². The number of alkyl carbamates (subject to hydrolysis) is 1. The Morgan fingerprint density at radius 1 is 1.00 bits per heavy atom. The van der Waals surface area contributed by atoms with Crippen molar-refractivity contribution in [2.24, 2.45) is 0 Å². The Labute approximate surface area is 197 Å². The number of carbonyl (C=O) groups is 2. The average Bonchev–Trinajstić information content (AvgIpc) is 3.21. The summed E-state index contributed by atoms with van der Waals surface area (Å²) in [5.74, 6) is -0.127. The van der Waals surface area contributed by atoms with Crippen LogP contribution in [0.1, 0.15) is 47.1 Å². The van der Waals surface area contributed by atoms with Gasteiger partial charge in [-0.25, -0.2) is 19.0 Å². The monoisotopic (exact) mass is 469 g/mol. The zero-order valence-electron chi connectivity index (χ0n) is 20.0. The fraction of sp³-hybridized carbons (Fsp3) is 0.375. The molecular weight excluding hydrogens is 441 g/mol. The number of amides is 1. The van der Waals surface area contributed by atoms with Crippen LogP contribution >= 0.6 is 0 Å². The van der Waals surface area contributed by atoms with Crippen LogP contribution in [0.4, 0.5) is 14.0 Å². The maximum atomic E-state index is 13.4.